The van der Waals surface area contributed by atoms with Gasteiger partial charge in [-0.3, -0.25) is 9.36 Å². The average molecular weight is 290 g/mol. The van der Waals surface area contributed by atoms with Crippen molar-refractivity contribution < 1.29 is 5.11 Å². The van der Waals surface area contributed by atoms with Crippen LogP contribution in [0.1, 0.15) is 16.7 Å². The number of aliphatic hydroxyl groups is 1. The molecule has 0 amide bonds. The minimum absolute atomic E-state index is 0.188. The Labute approximate surface area is 119 Å². The highest BCUT2D eigenvalue weighted by molar-refractivity contribution is 7.12. The van der Waals surface area contributed by atoms with E-state index in [2.05, 4.69) is 11.8 Å². The molecule has 6 heteroatoms. The Morgan fingerprint density at radius 3 is 2.80 bits per heavy atom. The first kappa shape index (κ1) is 14.3. The first-order valence-electron chi connectivity index (χ1n) is 6.14. The molecule has 0 aliphatic carbocycles. The molecule has 0 aliphatic rings. The maximum absolute atomic E-state index is 12.1. The monoisotopic (exact) mass is 290 g/mol. The van der Waals surface area contributed by atoms with Crippen molar-refractivity contribution in [3.05, 3.63) is 55.0 Å². The van der Waals surface area contributed by atoms with Crippen molar-refractivity contribution in [2.24, 2.45) is 0 Å². The highest BCUT2D eigenvalue weighted by atomic mass is 32.1. The van der Waals surface area contributed by atoms with E-state index in [4.69, 9.17) is 5.11 Å². The fraction of sp³-hybridized carbons (Fsp3) is 0.286. The summed E-state index contributed by atoms with van der Waals surface area (Å²) in [5.41, 5.74) is -0.618. The summed E-state index contributed by atoms with van der Waals surface area (Å²) in [6, 6.07) is 5.04. The van der Waals surface area contributed by atoms with Crippen LogP contribution in [0.5, 0.6) is 0 Å². The van der Waals surface area contributed by atoms with E-state index in [9.17, 15) is 9.59 Å². The lowest BCUT2D eigenvalue weighted by atomic mass is 10.4. The van der Waals surface area contributed by atoms with E-state index in [-0.39, 0.29) is 24.4 Å². The second-order valence-electron chi connectivity index (χ2n) is 4.03. The molecule has 0 saturated heterocycles. The van der Waals surface area contributed by atoms with Crippen LogP contribution < -0.4 is 11.2 Å². The first-order chi connectivity index (χ1) is 9.65. The summed E-state index contributed by atoms with van der Waals surface area (Å²) in [6.07, 6.45) is 1.51. The zero-order chi connectivity index (χ0) is 14.5. The number of aryl methyl sites for hydroxylation is 1. The highest BCUT2D eigenvalue weighted by Gasteiger charge is 2.06. The normalized spacial score (nSPS) is 10.1. The van der Waals surface area contributed by atoms with Gasteiger partial charge in [0, 0.05) is 23.7 Å². The Bertz CT molecular complexity index is 774. The number of thiophene rings is 1. The first-order valence-corrected chi connectivity index (χ1v) is 6.96. The molecule has 0 radical (unpaired) electrons. The van der Waals surface area contributed by atoms with Crippen LogP contribution in [0.2, 0.25) is 0 Å². The Morgan fingerprint density at radius 1 is 1.30 bits per heavy atom. The molecule has 0 atom stereocenters. The second-order valence-corrected chi connectivity index (χ2v) is 5.20. The van der Waals surface area contributed by atoms with Gasteiger partial charge in [-0.05, 0) is 19.1 Å². The number of aliphatic hydroxyl groups excluding tert-OH is 1. The van der Waals surface area contributed by atoms with Gasteiger partial charge < -0.3 is 9.67 Å². The van der Waals surface area contributed by atoms with Crippen LogP contribution in [0.4, 0.5) is 0 Å². The highest BCUT2D eigenvalue weighted by Crippen LogP contribution is 2.15. The van der Waals surface area contributed by atoms with E-state index < -0.39 is 0 Å². The number of nitrogens with zero attached hydrogens (tertiary/aromatic N) is 2. The molecule has 0 unspecified atom stereocenters. The molecule has 2 rings (SSSR count). The molecular weight excluding hydrogens is 276 g/mol. The number of hydrogen-bond acceptors (Lipinski definition) is 4. The molecule has 2 aromatic heterocycles. The van der Waals surface area contributed by atoms with Gasteiger partial charge in [0.1, 0.15) is 6.61 Å². The van der Waals surface area contributed by atoms with Gasteiger partial charge >= 0.3 is 5.69 Å². The van der Waals surface area contributed by atoms with E-state index >= 15 is 0 Å². The lowest BCUT2D eigenvalue weighted by molar-refractivity contribution is 0.350. The second kappa shape index (κ2) is 6.37. The molecule has 2 heterocycles. The van der Waals surface area contributed by atoms with E-state index in [1.807, 2.05) is 19.1 Å². The predicted octanol–water partition coefficient (Wildman–Crippen LogP) is 0.483. The molecule has 0 fully saturated rings. The molecular formula is C14H14N2O3S. The van der Waals surface area contributed by atoms with E-state index in [1.54, 1.807) is 0 Å². The molecule has 20 heavy (non-hydrogen) atoms. The van der Waals surface area contributed by atoms with Crippen LogP contribution in [0.25, 0.3) is 0 Å². The Balaban J connectivity index is 2.33. The summed E-state index contributed by atoms with van der Waals surface area (Å²) in [4.78, 5) is 25.5. The van der Waals surface area contributed by atoms with Crippen LogP contribution in [0.15, 0.2) is 34.0 Å². The van der Waals surface area contributed by atoms with E-state index in [1.165, 1.54) is 32.7 Å². The summed E-state index contributed by atoms with van der Waals surface area (Å²) >= 11 is 1.41. The molecule has 0 aliphatic heterocycles. The lowest BCUT2D eigenvalue weighted by Gasteiger charge is -2.06. The summed E-state index contributed by atoms with van der Waals surface area (Å²) < 4.78 is 2.69. The van der Waals surface area contributed by atoms with Gasteiger partial charge in [-0.15, -0.1) is 11.3 Å². The molecule has 0 bridgehead atoms. The molecule has 0 aromatic carbocycles. The van der Waals surface area contributed by atoms with Crippen molar-refractivity contribution in [3.63, 3.8) is 0 Å². The third-order valence-corrected chi connectivity index (χ3v) is 3.73. The lowest BCUT2D eigenvalue weighted by Crippen LogP contribution is -2.38. The fourth-order valence-electron chi connectivity index (χ4n) is 1.76. The Morgan fingerprint density at radius 2 is 2.10 bits per heavy atom. The summed E-state index contributed by atoms with van der Waals surface area (Å²) in [6.45, 7) is 2.43. The maximum Gasteiger partial charge on any atom is 0.331 e. The van der Waals surface area contributed by atoms with Crippen LogP contribution in [0.3, 0.4) is 0 Å². The predicted molar refractivity (Wildman–Crippen MR) is 78.0 cm³/mol. The smallest absolute Gasteiger partial charge is 0.331 e. The third-order valence-electron chi connectivity index (χ3n) is 2.75. The van der Waals surface area contributed by atoms with Crippen LogP contribution >= 0.6 is 11.3 Å². The van der Waals surface area contributed by atoms with E-state index in [0.29, 0.717) is 6.54 Å². The van der Waals surface area contributed by atoms with Crippen LogP contribution in [-0.2, 0) is 13.1 Å². The summed E-state index contributed by atoms with van der Waals surface area (Å²) in [5.74, 6) is 5.36. The standard InChI is InChI=1S/C14H14N2O3S/c1-2-15-8-7-13(18)16(14(15)19)10-12-6-5-11(20-12)4-3-9-17/h5-8,17H,2,9-10H2,1H3. The summed E-state index contributed by atoms with van der Waals surface area (Å²) in [7, 11) is 0. The van der Waals surface area contributed by atoms with Crippen molar-refractivity contribution >= 4 is 11.3 Å². The topological polar surface area (TPSA) is 64.2 Å². The molecule has 2 aromatic rings. The third kappa shape index (κ3) is 3.07. The molecule has 5 nitrogen and oxygen atoms in total. The van der Waals surface area contributed by atoms with Crippen LogP contribution in [-0.4, -0.2) is 20.8 Å². The number of rotatable bonds is 3. The van der Waals surface area contributed by atoms with Crippen LogP contribution in [0, 0.1) is 11.8 Å². The van der Waals surface area contributed by atoms with Gasteiger partial charge in [0.25, 0.3) is 5.56 Å². The van der Waals surface area contributed by atoms with Crippen molar-refractivity contribution in [1.82, 2.24) is 9.13 Å². The SMILES string of the molecule is CCn1ccc(=O)n(Cc2ccc(C#CCO)s2)c1=O. The molecule has 0 spiro atoms. The number of aromatic nitrogens is 2. The van der Waals surface area contributed by atoms with Crippen molar-refractivity contribution in [3.8, 4) is 11.8 Å². The fourth-order valence-corrected chi connectivity index (χ4v) is 2.63. The zero-order valence-electron chi connectivity index (χ0n) is 11.0. The molecule has 0 saturated carbocycles. The van der Waals surface area contributed by atoms with Gasteiger partial charge in [0.2, 0.25) is 0 Å². The van der Waals surface area contributed by atoms with Crippen molar-refractivity contribution in [1.29, 1.82) is 0 Å². The Hall–Kier alpha value is -2.10. The van der Waals surface area contributed by atoms with Gasteiger partial charge in [0.15, 0.2) is 0 Å². The average Bonchev–Trinajstić information content (AvgIpc) is 2.89. The van der Waals surface area contributed by atoms with E-state index in [0.717, 1.165) is 9.75 Å². The van der Waals surface area contributed by atoms with Crippen molar-refractivity contribution in [2.75, 3.05) is 6.61 Å². The number of hydrogen-bond donors (Lipinski definition) is 1. The quantitative estimate of drug-likeness (QED) is 0.837. The minimum Gasteiger partial charge on any atom is -0.384 e. The summed E-state index contributed by atoms with van der Waals surface area (Å²) in [5, 5.41) is 8.64. The van der Waals surface area contributed by atoms with Gasteiger partial charge in [-0.25, -0.2) is 4.79 Å². The van der Waals surface area contributed by atoms with Gasteiger partial charge in [0.05, 0.1) is 11.4 Å². The van der Waals surface area contributed by atoms with Gasteiger partial charge in [-0.1, -0.05) is 11.8 Å². The maximum atomic E-state index is 12.1. The minimum atomic E-state index is -0.309. The largest absolute Gasteiger partial charge is 0.384 e. The van der Waals surface area contributed by atoms with Crippen molar-refractivity contribution in [2.45, 2.75) is 20.0 Å². The Kier molecular flexibility index (Phi) is 4.56. The van der Waals surface area contributed by atoms with Gasteiger partial charge in [-0.2, -0.15) is 0 Å². The molecule has 104 valence electrons. The molecule has 1 N–H and O–H groups in total. The zero-order valence-corrected chi connectivity index (χ0v) is 11.8.